The maximum Gasteiger partial charge on any atom is 0.276 e. The SMILES string of the molecule is CCn1c(CCc2ccc(NC(=O)c3cc(-c4cccs4)[nH]n3)cc2)nc2ccccc21. The number of fused-ring (bicyclic) bond motifs is 1. The van der Waals surface area contributed by atoms with Crippen LogP contribution in [-0.2, 0) is 19.4 Å². The van der Waals surface area contributed by atoms with Crippen LogP contribution in [-0.4, -0.2) is 25.7 Å². The van der Waals surface area contributed by atoms with Gasteiger partial charge in [0, 0.05) is 18.7 Å². The smallest absolute Gasteiger partial charge is 0.276 e. The summed E-state index contributed by atoms with van der Waals surface area (Å²) in [6, 6.07) is 22.0. The van der Waals surface area contributed by atoms with Gasteiger partial charge in [0.1, 0.15) is 5.82 Å². The Bertz CT molecular complexity index is 1350. The van der Waals surface area contributed by atoms with Gasteiger partial charge in [-0.2, -0.15) is 5.10 Å². The number of carbonyl (C=O) groups is 1. The van der Waals surface area contributed by atoms with Crippen molar-refractivity contribution in [2.24, 2.45) is 0 Å². The zero-order valence-electron chi connectivity index (χ0n) is 17.7. The number of para-hydroxylation sites is 2. The van der Waals surface area contributed by atoms with Crippen LogP contribution in [0.1, 0.15) is 28.8 Å². The summed E-state index contributed by atoms with van der Waals surface area (Å²) in [5.74, 6) is 0.875. The first-order valence-corrected chi connectivity index (χ1v) is 11.5. The lowest BCUT2D eigenvalue weighted by Crippen LogP contribution is -2.12. The van der Waals surface area contributed by atoms with Crippen LogP contribution in [0.25, 0.3) is 21.6 Å². The van der Waals surface area contributed by atoms with Crippen LogP contribution in [0.5, 0.6) is 0 Å². The first kappa shape index (κ1) is 20.2. The molecule has 0 radical (unpaired) electrons. The van der Waals surface area contributed by atoms with Gasteiger partial charge in [-0.05, 0) is 60.7 Å². The van der Waals surface area contributed by atoms with E-state index in [1.807, 2.05) is 35.7 Å². The van der Waals surface area contributed by atoms with Crippen LogP contribution in [0.4, 0.5) is 5.69 Å². The standard InChI is InChI=1S/C25H23N5OS/c1-2-30-22-7-4-3-6-19(22)27-24(30)14-11-17-9-12-18(13-10-17)26-25(31)21-16-20(28-29-21)23-8-5-15-32-23/h3-10,12-13,15-16H,2,11,14H2,1H3,(H,26,31)(H,28,29). The van der Waals surface area contributed by atoms with Gasteiger partial charge >= 0.3 is 0 Å². The van der Waals surface area contributed by atoms with Crippen molar-refractivity contribution >= 4 is 34.0 Å². The Kier molecular flexibility index (Phi) is 5.56. The minimum Gasteiger partial charge on any atom is -0.328 e. The number of benzene rings is 2. The molecule has 5 rings (SSSR count). The zero-order chi connectivity index (χ0) is 21.9. The Morgan fingerprint density at radius 1 is 1.06 bits per heavy atom. The molecular weight excluding hydrogens is 418 g/mol. The highest BCUT2D eigenvalue weighted by atomic mass is 32.1. The monoisotopic (exact) mass is 441 g/mol. The quantitative estimate of drug-likeness (QED) is 0.348. The summed E-state index contributed by atoms with van der Waals surface area (Å²) >= 11 is 1.60. The number of nitrogens with zero attached hydrogens (tertiary/aromatic N) is 3. The minimum absolute atomic E-state index is 0.228. The third-order valence-electron chi connectivity index (χ3n) is 5.50. The summed E-state index contributed by atoms with van der Waals surface area (Å²) in [4.78, 5) is 18.4. The molecule has 1 amide bonds. The number of aromatic nitrogens is 4. The van der Waals surface area contributed by atoms with Gasteiger partial charge in [0.2, 0.25) is 0 Å². The summed E-state index contributed by atoms with van der Waals surface area (Å²) < 4.78 is 2.28. The average molecular weight is 442 g/mol. The molecule has 0 aliphatic rings. The average Bonchev–Trinajstić information content (AvgIpc) is 3.57. The first-order chi connectivity index (χ1) is 15.7. The second-order valence-electron chi connectivity index (χ2n) is 7.56. The third-order valence-corrected chi connectivity index (χ3v) is 6.40. The summed E-state index contributed by atoms with van der Waals surface area (Å²) in [5.41, 5.74) is 5.40. The van der Waals surface area contributed by atoms with Crippen LogP contribution < -0.4 is 5.32 Å². The molecule has 3 heterocycles. The minimum atomic E-state index is -0.228. The number of hydrogen-bond acceptors (Lipinski definition) is 4. The van der Waals surface area contributed by atoms with E-state index in [4.69, 9.17) is 4.98 Å². The van der Waals surface area contributed by atoms with E-state index in [9.17, 15) is 4.79 Å². The third kappa shape index (κ3) is 4.07. The molecule has 0 bridgehead atoms. The summed E-state index contributed by atoms with van der Waals surface area (Å²) in [6.07, 6.45) is 1.76. The number of H-pyrrole nitrogens is 1. The van der Waals surface area contributed by atoms with Crippen LogP contribution in [0.3, 0.4) is 0 Å². The molecule has 0 fully saturated rings. The van der Waals surface area contributed by atoms with E-state index in [1.54, 1.807) is 17.4 Å². The molecule has 2 aromatic carbocycles. The van der Waals surface area contributed by atoms with E-state index in [0.29, 0.717) is 5.69 Å². The topological polar surface area (TPSA) is 75.6 Å². The fourth-order valence-electron chi connectivity index (χ4n) is 3.87. The first-order valence-electron chi connectivity index (χ1n) is 10.6. The molecule has 0 saturated heterocycles. The lowest BCUT2D eigenvalue weighted by molar-refractivity contribution is 0.102. The molecule has 0 atom stereocenters. The lowest BCUT2D eigenvalue weighted by atomic mass is 10.1. The molecule has 0 aliphatic heterocycles. The molecule has 6 nitrogen and oxygen atoms in total. The van der Waals surface area contributed by atoms with Crippen molar-refractivity contribution in [3.8, 4) is 10.6 Å². The van der Waals surface area contributed by atoms with Crippen molar-refractivity contribution < 1.29 is 4.79 Å². The van der Waals surface area contributed by atoms with Crippen LogP contribution >= 0.6 is 11.3 Å². The fourth-order valence-corrected chi connectivity index (χ4v) is 4.56. The van der Waals surface area contributed by atoms with E-state index in [0.717, 1.165) is 47.0 Å². The zero-order valence-corrected chi connectivity index (χ0v) is 18.5. The predicted molar refractivity (Wildman–Crippen MR) is 129 cm³/mol. The number of anilines is 1. The number of carbonyl (C=O) groups excluding carboxylic acids is 1. The van der Waals surface area contributed by atoms with Gasteiger partial charge in [0.15, 0.2) is 5.69 Å². The fraction of sp³-hybridized carbons (Fsp3) is 0.160. The van der Waals surface area contributed by atoms with Crippen molar-refractivity contribution in [2.45, 2.75) is 26.3 Å². The van der Waals surface area contributed by atoms with Gasteiger partial charge in [-0.15, -0.1) is 11.3 Å². The molecule has 5 aromatic rings. The van der Waals surface area contributed by atoms with Crippen LogP contribution in [0, 0.1) is 0 Å². The lowest BCUT2D eigenvalue weighted by Gasteiger charge is -2.07. The number of hydrogen-bond donors (Lipinski definition) is 2. The summed E-state index contributed by atoms with van der Waals surface area (Å²) in [6.45, 7) is 3.06. The highest BCUT2D eigenvalue weighted by Crippen LogP contribution is 2.23. The number of aryl methyl sites for hydroxylation is 3. The molecule has 0 unspecified atom stereocenters. The second-order valence-corrected chi connectivity index (χ2v) is 8.50. The molecule has 32 heavy (non-hydrogen) atoms. The summed E-state index contributed by atoms with van der Waals surface area (Å²) in [5, 5.41) is 12.0. The Hall–Kier alpha value is -3.71. The number of rotatable bonds is 7. The number of imidazole rings is 1. The van der Waals surface area contributed by atoms with Crippen LogP contribution in [0.2, 0.25) is 0 Å². The van der Waals surface area contributed by atoms with Crippen molar-refractivity contribution in [1.29, 1.82) is 0 Å². The van der Waals surface area contributed by atoms with E-state index in [2.05, 4.69) is 57.3 Å². The molecule has 2 N–H and O–H groups in total. The molecule has 3 aromatic heterocycles. The highest BCUT2D eigenvalue weighted by Gasteiger charge is 2.13. The second kappa shape index (κ2) is 8.80. The highest BCUT2D eigenvalue weighted by molar-refractivity contribution is 7.13. The summed E-state index contributed by atoms with van der Waals surface area (Å²) in [7, 11) is 0. The van der Waals surface area contributed by atoms with Crippen molar-refractivity contribution in [3.63, 3.8) is 0 Å². The van der Waals surface area contributed by atoms with Gasteiger partial charge < -0.3 is 9.88 Å². The number of amides is 1. The van der Waals surface area contributed by atoms with Crippen molar-refractivity contribution in [1.82, 2.24) is 19.7 Å². The van der Waals surface area contributed by atoms with Gasteiger partial charge in [-0.1, -0.05) is 30.3 Å². The Morgan fingerprint density at radius 2 is 1.91 bits per heavy atom. The Balaban J connectivity index is 1.22. The van der Waals surface area contributed by atoms with Gasteiger partial charge in [0.25, 0.3) is 5.91 Å². The normalized spacial score (nSPS) is 11.2. The molecule has 7 heteroatoms. The molecule has 0 aliphatic carbocycles. The van der Waals surface area contributed by atoms with E-state index in [-0.39, 0.29) is 5.91 Å². The maximum atomic E-state index is 12.5. The molecule has 0 spiro atoms. The van der Waals surface area contributed by atoms with Crippen molar-refractivity contribution in [2.75, 3.05) is 5.32 Å². The van der Waals surface area contributed by atoms with Gasteiger partial charge in [-0.3, -0.25) is 9.89 Å². The number of thiophene rings is 1. The molecular formula is C25H23N5OS. The Morgan fingerprint density at radius 3 is 2.69 bits per heavy atom. The van der Waals surface area contributed by atoms with E-state index < -0.39 is 0 Å². The molecule has 160 valence electrons. The van der Waals surface area contributed by atoms with E-state index >= 15 is 0 Å². The molecule has 0 saturated carbocycles. The number of nitrogens with one attached hydrogen (secondary N) is 2. The van der Waals surface area contributed by atoms with Crippen molar-refractivity contribution in [3.05, 3.63) is 89.2 Å². The van der Waals surface area contributed by atoms with E-state index in [1.165, 1.54) is 11.1 Å². The maximum absolute atomic E-state index is 12.5. The Labute approximate surface area is 189 Å². The number of aromatic amines is 1. The largest absolute Gasteiger partial charge is 0.328 e. The van der Waals surface area contributed by atoms with Gasteiger partial charge in [-0.25, -0.2) is 4.98 Å². The van der Waals surface area contributed by atoms with Crippen LogP contribution in [0.15, 0.2) is 72.1 Å². The van der Waals surface area contributed by atoms with Gasteiger partial charge in [0.05, 0.1) is 21.6 Å². The predicted octanol–water partition coefficient (Wildman–Crippen LogP) is 5.55.